The molecule has 0 atom stereocenters. The van der Waals surface area contributed by atoms with Crippen molar-refractivity contribution in [1.29, 1.82) is 0 Å². The van der Waals surface area contributed by atoms with Crippen molar-refractivity contribution in [3.63, 3.8) is 0 Å². The fourth-order valence-corrected chi connectivity index (χ4v) is 3.13. The van der Waals surface area contributed by atoms with Gasteiger partial charge < -0.3 is 0 Å². The Hall–Kier alpha value is -0.380. The molecule has 0 aliphatic rings. The van der Waals surface area contributed by atoms with Crippen LogP contribution in [0, 0.1) is 6.92 Å². The molecule has 0 saturated heterocycles. The van der Waals surface area contributed by atoms with Crippen LogP contribution in [0.3, 0.4) is 0 Å². The zero-order valence-corrected chi connectivity index (χ0v) is 10.6. The van der Waals surface area contributed by atoms with Crippen molar-refractivity contribution in [1.82, 2.24) is 4.98 Å². The van der Waals surface area contributed by atoms with Gasteiger partial charge in [-0.15, -0.1) is 11.3 Å². The third-order valence-corrected chi connectivity index (χ3v) is 3.86. The maximum atomic E-state index is 6.10. The van der Waals surface area contributed by atoms with Gasteiger partial charge in [0.1, 0.15) is 0 Å². The molecule has 1 aromatic carbocycles. The van der Waals surface area contributed by atoms with Gasteiger partial charge >= 0.3 is 0 Å². The number of thiazole rings is 1. The van der Waals surface area contributed by atoms with Crippen molar-refractivity contribution >= 4 is 38.9 Å². The van der Waals surface area contributed by atoms with Gasteiger partial charge in [0, 0.05) is 10.6 Å². The zero-order valence-electron chi connectivity index (χ0n) is 7.42. The van der Waals surface area contributed by atoms with Gasteiger partial charge in [-0.25, -0.2) is 4.98 Å². The fourth-order valence-electron chi connectivity index (χ4n) is 1.26. The highest BCUT2D eigenvalue weighted by molar-refractivity contribution is 9.11. The molecule has 1 aromatic heterocycles. The van der Waals surface area contributed by atoms with Gasteiger partial charge in [0.15, 0.2) is 3.92 Å². The van der Waals surface area contributed by atoms with Crippen molar-refractivity contribution in [3.05, 3.63) is 38.9 Å². The Bertz CT molecular complexity index is 467. The Morgan fingerprint density at radius 1 is 1.36 bits per heavy atom. The lowest BCUT2D eigenvalue weighted by Gasteiger charge is -2.00. The van der Waals surface area contributed by atoms with Crippen molar-refractivity contribution in [2.24, 2.45) is 0 Å². The van der Waals surface area contributed by atoms with Crippen molar-refractivity contribution in [2.45, 2.75) is 6.92 Å². The Morgan fingerprint density at radius 3 is 2.64 bits per heavy atom. The molecule has 72 valence electrons. The Labute approximate surface area is 99.9 Å². The average Bonchev–Trinajstić information content (AvgIpc) is 2.46. The molecule has 0 radical (unpaired) electrons. The second-order valence-electron chi connectivity index (χ2n) is 2.86. The smallest absolute Gasteiger partial charge is 0.159 e. The van der Waals surface area contributed by atoms with E-state index in [1.165, 1.54) is 0 Å². The van der Waals surface area contributed by atoms with Crippen LogP contribution in [-0.2, 0) is 0 Å². The molecular weight excluding hydrogens is 282 g/mol. The predicted molar refractivity (Wildman–Crippen MR) is 65.0 cm³/mol. The summed E-state index contributed by atoms with van der Waals surface area (Å²) in [5, 5.41) is 0.770. The molecule has 1 nitrogen and oxygen atoms in total. The SMILES string of the molecule is Cc1nc(Br)sc1-c1ccccc1Cl. The summed E-state index contributed by atoms with van der Waals surface area (Å²) < 4.78 is 0.893. The zero-order chi connectivity index (χ0) is 10.1. The Balaban J connectivity index is 2.60. The average molecular weight is 289 g/mol. The molecule has 0 saturated carbocycles. The molecule has 0 spiro atoms. The lowest BCUT2D eigenvalue weighted by Crippen LogP contribution is -1.78. The molecular formula is C10H7BrClNS. The summed E-state index contributed by atoms with van der Waals surface area (Å²) in [6, 6.07) is 7.81. The summed E-state index contributed by atoms with van der Waals surface area (Å²) in [7, 11) is 0. The van der Waals surface area contributed by atoms with Gasteiger partial charge in [0.25, 0.3) is 0 Å². The summed E-state index contributed by atoms with van der Waals surface area (Å²) in [6.07, 6.45) is 0. The fraction of sp³-hybridized carbons (Fsp3) is 0.100. The molecule has 4 heteroatoms. The maximum absolute atomic E-state index is 6.10. The van der Waals surface area contributed by atoms with Gasteiger partial charge in [-0.05, 0) is 28.9 Å². The van der Waals surface area contributed by atoms with E-state index in [-0.39, 0.29) is 0 Å². The first kappa shape index (κ1) is 10.1. The monoisotopic (exact) mass is 287 g/mol. The van der Waals surface area contributed by atoms with Crippen LogP contribution < -0.4 is 0 Å². The van der Waals surface area contributed by atoms with Crippen molar-refractivity contribution < 1.29 is 0 Å². The molecule has 14 heavy (non-hydrogen) atoms. The standard InChI is InChI=1S/C10H7BrClNS/c1-6-9(14-10(11)13-6)7-4-2-3-5-8(7)12/h2-5H,1H3. The molecule has 2 rings (SSSR count). The van der Waals surface area contributed by atoms with Crippen LogP contribution in [0.15, 0.2) is 28.2 Å². The summed E-state index contributed by atoms with van der Waals surface area (Å²) >= 11 is 11.1. The topological polar surface area (TPSA) is 12.9 Å². The van der Waals surface area contributed by atoms with Crippen molar-refractivity contribution in [2.75, 3.05) is 0 Å². The molecule has 0 unspecified atom stereocenters. The van der Waals surface area contributed by atoms with E-state index in [2.05, 4.69) is 20.9 Å². The van der Waals surface area contributed by atoms with Gasteiger partial charge in [-0.3, -0.25) is 0 Å². The maximum Gasteiger partial charge on any atom is 0.159 e. The first-order valence-corrected chi connectivity index (χ1v) is 6.05. The number of aryl methyl sites for hydroxylation is 1. The van der Waals surface area contributed by atoms with E-state index < -0.39 is 0 Å². The number of nitrogens with zero attached hydrogens (tertiary/aromatic N) is 1. The second-order valence-corrected chi connectivity index (χ2v) is 5.54. The molecule has 0 bridgehead atoms. The molecule has 0 aliphatic carbocycles. The van der Waals surface area contributed by atoms with E-state index >= 15 is 0 Å². The number of rotatable bonds is 1. The Morgan fingerprint density at radius 2 is 2.07 bits per heavy atom. The lowest BCUT2D eigenvalue weighted by atomic mass is 10.2. The van der Waals surface area contributed by atoms with Crippen LogP contribution in [0.4, 0.5) is 0 Å². The predicted octanol–water partition coefficient (Wildman–Crippen LogP) is 4.53. The van der Waals surface area contributed by atoms with E-state index in [4.69, 9.17) is 11.6 Å². The first-order valence-electron chi connectivity index (χ1n) is 4.06. The molecule has 0 amide bonds. The Kier molecular flexibility index (Phi) is 2.91. The van der Waals surface area contributed by atoms with Crippen molar-refractivity contribution in [3.8, 4) is 10.4 Å². The molecule has 0 aliphatic heterocycles. The minimum Gasteiger partial charge on any atom is -0.234 e. The number of halogens is 2. The highest BCUT2D eigenvalue weighted by atomic mass is 79.9. The van der Waals surface area contributed by atoms with Gasteiger partial charge in [-0.2, -0.15) is 0 Å². The largest absolute Gasteiger partial charge is 0.234 e. The van der Waals surface area contributed by atoms with E-state index in [0.29, 0.717) is 0 Å². The summed E-state index contributed by atoms with van der Waals surface area (Å²) in [6.45, 7) is 1.99. The van der Waals surface area contributed by atoms with Gasteiger partial charge in [0.05, 0.1) is 10.6 Å². The number of benzene rings is 1. The highest BCUT2D eigenvalue weighted by Gasteiger charge is 2.10. The minimum absolute atomic E-state index is 0.770. The summed E-state index contributed by atoms with van der Waals surface area (Å²) in [4.78, 5) is 5.43. The third-order valence-electron chi connectivity index (χ3n) is 1.89. The van der Waals surface area contributed by atoms with Crippen LogP contribution in [0.1, 0.15) is 5.69 Å². The van der Waals surface area contributed by atoms with Crippen LogP contribution in [0.5, 0.6) is 0 Å². The van der Waals surface area contributed by atoms with Crippen LogP contribution in [0.25, 0.3) is 10.4 Å². The normalized spacial score (nSPS) is 10.5. The van der Waals surface area contributed by atoms with Gasteiger partial charge in [0.2, 0.25) is 0 Å². The molecule has 1 heterocycles. The van der Waals surface area contributed by atoms with E-state index in [1.807, 2.05) is 31.2 Å². The number of aromatic nitrogens is 1. The van der Waals surface area contributed by atoms with Crippen LogP contribution in [-0.4, -0.2) is 4.98 Å². The van der Waals surface area contributed by atoms with Crippen LogP contribution in [0.2, 0.25) is 5.02 Å². The second kappa shape index (κ2) is 4.01. The highest BCUT2D eigenvalue weighted by Crippen LogP contribution is 2.36. The summed E-state index contributed by atoms with van der Waals surface area (Å²) in [5.74, 6) is 0. The van der Waals surface area contributed by atoms with Gasteiger partial charge in [-0.1, -0.05) is 29.8 Å². The van der Waals surface area contributed by atoms with Crippen LogP contribution >= 0.6 is 38.9 Å². The third kappa shape index (κ3) is 1.85. The molecule has 0 fully saturated rings. The number of hydrogen-bond acceptors (Lipinski definition) is 2. The molecule has 0 N–H and O–H groups in total. The molecule has 2 aromatic rings. The quantitative estimate of drug-likeness (QED) is 0.751. The summed E-state index contributed by atoms with van der Waals surface area (Å²) in [5.41, 5.74) is 2.06. The minimum atomic E-state index is 0.770. The van der Waals surface area contributed by atoms with E-state index in [9.17, 15) is 0 Å². The van der Waals surface area contributed by atoms with E-state index in [0.717, 1.165) is 25.1 Å². The lowest BCUT2D eigenvalue weighted by molar-refractivity contribution is 1.24. The first-order chi connectivity index (χ1) is 6.68. The van der Waals surface area contributed by atoms with E-state index in [1.54, 1.807) is 11.3 Å². The number of hydrogen-bond donors (Lipinski definition) is 0.